The Morgan fingerprint density at radius 2 is 2.18 bits per heavy atom. The van der Waals surface area contributed by atoms with Crippen molar-refractivity contribution in [2.45, 2.75) is 10.9 Å². The maximum absolute atomic E-state index is 13.3. The van der Waals surface area contributed by atoms with Gasteiger partial charge in [-0.15, -0.1) is 19.0 Å². The topological polar surface area (TPSA) is 91.4 Å². The van der Waals surface area contributed by atoms with E-state index in [0.717, 1.165) is 5.56 Å². The summed E-state index contributed by atoms with van der Waals surface area (Å²) in [6.45, 7) is 5.28. The van der Waals surface area contributed by atoms with Crippen molar-refractivity contribution in [3.63, 3.8) is 0 Å². The second kappa shape index (κ2) is 9.79. The molecule has 2 heterocycles. The molecule has 1 unspecified atom stereocenters. The minimum absolute atomic E-state index is 0. The number of nitrogens with zero attached hydrogens (tertiary/aromatic N) is 2. The van der Waals surface area contributed by atoms with Crippen LogP contribution in [0.3, 0.4) is 0 Å². The number of nitrogens with one attached hydrogen (secondary N) is 2. The normalized spacial score (nSPS) is 17.4. The third-order valence-electron chi connectivity index (χ3n) is 4.37. The first-order chi connectivity index (χ1) is 13.0. The highest BCUT2D eigenvalue weighted by molar-refractivity contribution is 7.89. The number of sulfonamides is 1. The summed E-state index contributed by atoms with van der Waals surface area (Å²) in [5.74, 6) is -0.337. The molecule has 2 N–H and O–H groups in total. The number of hydrogen-bond acceptors (Lipinski definition) is 5. The summed E-state index contributed by atoms with van der Waals surface area (Å²) < 4.78 is 28.1. The molecule has 0 spiro atoms. The molecule has 0 aliphatic carbocycles. The van der Waals surface area contributed by atoms with Gasteiger partial charge in [0.25, 0.3) is 5.91 Å². The number of pyridine rings is 1. The van der Waals surface area contributed by atoms with Gasteiger partial charge in [0.1, 0.15) is 0 Å². The molecule has 1 aromatic carbocycles. The SMILES string of the molecule is C=CCNC(=O)c1cccc(S(=O)(=O)N2CCNCC2c2cccnc2)c1.Cl. The molecule has 1 aromatic heterocycles. The summed E-state index contributed by atoms with van der Waals surface area (Å²) in [4.78, 5) is 16.4. The number of amides is 1. The number of piperazine rings is 1. The maximum atomic E-state index is 13.3. The van der Waals surface area contributed by atoms with Crippen molar-refractivity contribution >= 4 is 28.3 Å². The van der Waals surface area contributed by atoms with Crippen molar-refractivity contribution in [2.75, 3.05) is 26.2 Å². The molecule has 2 aromatic rings. The summed E-state index contributed by atoms with van der Waals surface area (Å²) in [5.41, 5.74) is 1.12. The molecule has 9 heteroatoms. The fourth-order valence-corrected chi connectivity index (χ4v) is 4.69. The van der Waals surface area contributed by atoms with Gasteiger partial charge in [-0.2, -0.15) is 4.31 Å². The predicted molar refractivity (Wildman–Crippen MR) is 110 cm³/mol. The molecule has 0 saturated carbocycles. The Balaban J connectivity index is 0.00000280. The lowest BCUT2D eigenvalue weighted by atomic mass is 10.1. The molecule has 150 valence electrons. The van der Waals surface area contributed by atoms with Crippen LogP contribution in [0.25, 0.3) is 0 Å². The van der Waals surface area contributed by atoms with Gasteiger partial charge >= 0.3 is 0 Å². The second-order valence-electron chi connectivity index (χ2n) is 6.15. The second-order valence-corrected chi connectivity index (χ2v) is 8.04. The number of benzene rings is 1. The summed E-state index contributed by atoms with van der Waals surface area (Å²) >= 11 is 0. The van der Waals surface area contributed by atoms with Gasteiger partial charge < -0.3 is 10.6 Å². The fraction of sp³-hybridized carbons (Fsp3) is 0.263. The minimum atomic E-state index is -3.77. The molecular weight excluding hydrogens is 400 g/mol. The molecule has 1 atom stereocenters. The van der Waals surface area contributed by atoms with E-state index in [-0.39, 0.29) is 29.3 Å². The summed E-state index contributed by atoms with van der Waals surface area (Å²) in [5, 5.41) is 5.89. The molecule has 1 aliphatic heterocycles. The van der Waals surface area contributed by atoms with Gasteiger partial charge in [-0.1, -0.05) is 18.2 Å². The van der Waals surface area contributed by atoms with Gasteiger partial charge in [0.2, 0.25) is 10.0 Å². The van der Waals surface area contributed by atoms with E-state index in [1.807, 2.05) is 6.07 Å². The van der Waals surface area contributed by atoms with E-state index >= 15 is 0 Å². The molecule has 7 nitrogen and oxygen atoms in total. The van der Waals surface area contributed by atoms with Crippen LogP contribution < -0.4 is 10.6 Å². The Hall–Kier alpha value is -2.26. The molecule has 28 heavy (non-hydrogen) atoms. The summed E-state index contributed by atoms with van der Waals surface area (Å²) in [6.07, 6.45) is 4.90. The van der Waals surface area contributed by atoms with Gasteiger partial charge in [-0.25, -0.2) is 8.42 Å². The van der Waals surface area contributed by atoms with Crippen LogP contribution in [0.1, 0.15) is 22.0 Å². The number of hydrogen-bond donors (Lipinski definition) is 2. The highest BCUT2D eigenvalue weighted by Crippen LogP contribution is 2.28. The van der Waals surface area contributed by atoms with Crippen molar-refractivity contribution in [3.8, 4) is 0 Å². The van der Waals surface area contributed by atoms with Crippen LogP contribution in [0.15, 0.2) is 66.3 Å². The first-order valence-corrected chi connectivity index (χ1v) is 10.1. The van der Waals surface area contributed by atoms with Crippen LogP contribution in [-0.2, 0) is 10.0 Å². The zero-order valence-corrected chi connectivity index (χ0v) is 16.9. The number of carbonyl (C=O) groups excluding carboxylic acids is 1. The Labute approximate surface area is 171 Å². The molecule has 0 bridgehead atoms. The highest BCUT2D eigenvalue weighted by atomic mass is 35.5. The third kappa shape index (κ3) is 4.77. The lowest BCUT2D eigenvalue weighted by Gasteiger charge is -2.35. The molecule has 1 saturated heterocycles. The average Bonchev–Trinajstić information content (AvgIpc) is 2.72. The minimum Gasteiger partial charge on any atom is -0.349 e. The first-order valence-electron chi connectivity index (χ1n) is 8.65. The summed E-state index contributed by atoms with van der Waals surface area (Å²) in [7, 11) is -3.77. The standard InChI is InChI=1S/C19H22N4O3S.ClH/c1-2-8-22-19(24)15-5-3-7-17(12-15)27(25,26)23-11-10-21-14-18(23)16-6-4-9-20-13-16;/h2-7,9,12-13,18,21H,1,8,10-11,14H2,(H,22,24);1H. The molecule has 3 rings (SSSR count). The van der Waals surface area contributed by atoms with Crippen molar-refractivity contribution in [2.24, 2.45) is 0 Å². The van der Waals surface area contributed by atoms with E-state index in [0.29, 0.717) is 31.7 Å². The monoisotopic (exact) mass is 422 g/mol. The third-order valence-corrected chi connectivity index (χ3v) is 6.28. The zero-order valence-electron chi connectivity index (χ0n) is 15.2. The fourth-order valence-electron chi connectivity index (χ4n) is 3.03. The molecule has 1 fully saturated rings. The van der Waals surface area contributed by atoms with Crippen molar-refractivity contribution in [3.05, 3.63) is 72.6 Å². The molecular formula is C19H23ClN4O3S. The largest absolute Gasteiger partial charge is 0.349 e. The van der Waals surface area contributed by atoms with Gasteiger partial charge in [0.15, 0.2) is 0 Å². The van der Waals surface area contributed by atoms with Gasteiger partial charge in [-0.05, 0) is 29.8 Å². The van der Waals surface area contributed by atoms with E-state index in [2.05, 4.69) is 22.2 Å². The van der Waals surface area contributed by atoms with E-state index in [1.54, 1.807) is 36.7 Å². The first kappa shape index (κ1) is 22.0. The van der Waals surface area contributed by atoms with E-state index in [9.17, 15) is 13.2 Å². The Morgan fingerprint density at radius 1 is 1.36 bits per heavy atom. The smallest absolute Gasteiger partial charge is 0.251 e. The van der Waals surface area contributed by atoms with Crippen molar-refractivity contribution < 1.29 is 13.2 Å². The van der Waals surface area contributed by atoms with Crippen molar-refractivity contribution in [1.82, 2.24) is 19.9 Å². The number of rotatable bonds is 6. The van der Waals surface area contributed by atoms with Gasteiger partial charge in [-0.3, -0.25) is 9.78 Å². The van der Waals surface area contributed by atoms with Crippen LogP contribution in [0, 0.1) is 0 Å². The van der Waals surface area contributed by atoms with Crippen LogP contribution in [0.5, 0.6) is 0 Å². The number of aromatic nitrogens is 1. The van der Waals surface area contributed by atoms with Crippen LogP contribution in [-0.4, -0.2) is 49.8 Å². The van der Waals surface area contributed by atoms with Gasteiger partial charge in [0.05, 0.1) is 10.9 Å². The van der Waals surface area contributed by atoms with Crippen molar-refractivity contribution in [1.29, 1.82) is 0 Å². The molecule has 1 amide bonds. The van der Waals surface area contributed by atoms with Crippen LogP contribution in [0.2, 0.25) is 0 Å². The Morgan fingerprint density at radius 3 is 2.89 bits per heavy atom. The maximum Gasteiger partial charge on any atom is 0.251 e. The summed E-state index contributed by atoms with van der Waals surface area (Å²) in [6, 6.07) is 9.41. The van der Waals surface area contributed by atoms with E-state index in [4.69, 9.17) is 0 Å². The van der Waals surface area contributed by atoms with Crippen LogP contribution in [0.4, 0.5) is 0 Å². The Bertz CT molecular complexity index is 922. The van der Waals surface area contributed by atoms with Crippen LogP contribution >= 0.6 is 12.4 Å². The van der Waals surface area contributed by atoms with Gasteiger partial charge in [0, 0.05) is 44.1 Å². The quantitative estimate of drug-likeness (QED) is 0.692. The zero-order chi connectivity index (χ0) is 19.3. The Kier molecular flexibility index (Phi) is 7.70. The highest BCUT2D eigenvalue weighted by Gasteiger charge is 2.34. The predicted octanol–water partition coefficient (Wildman–Crippen LogP) is 1.75. The molecule has 0 radical (unpaired) electrons. The molecule has 1 aliphatic rings. The average molecular weight is 423 g/mol. The van der Waals surface area contributed by atoms with E-state index < -0.39 is 10.0 Å². The lowest BCUT2D eigenvalue weighted by Crippen LogP contribution is -2.48. The van der Waals surface area contributed by atoms with E-state index in [1.165, 1.54) is 16.4 Å². The number of halogens is 1. The number of carbonyl (C=O) groups is 1. The lowest BCUT2D eigenvalue weighted by molar-refractivity contribution is 0.0958.